The van der Waals surface area contributed by atoms with E-state index in [1.807, 2.05) is 49.4 Å². The van der Waals surface area contributed by atoms with Gasteiger partial charge in [0.1, 0.15) is 11.8 Å². The van der Waals surface area contributed by atoms with E-state index in [9.17, 15) is 9.59 Å². The smallest absolute Gasteiger partial charge is 0.242 e. The van der Waals surface area contributed by atoms with Gasteiger partial charge in [-0.2, -0.15) is 0 Å². The number of thioether (sulfide) groups is 1. The van der Waals surface area contributed by atoms with Crippen LogP contribution in [-0.2, 0) is 21.9 Å². The molecule has 0 aliphatic heterocycles. The first-order valence-corrected chi connectivity index (χ1v) is 12.1. The van der Waals surface area contributed by atoms with Crippen molar-refractivity contribution in [1.82, 2.24) is 10.2 Å². The van der Waals surface area contributed by atoms with E-state index in [1.54, 1.807) is 23.8 Å². The second-order valence-corrected chi connectivity index (χ2v) is 9.00. The molecule has 1 N–H and O–H groups in total. The molecule has 1 aliphatic carbocycles. The summed E-state index contributed by atoms with van der Waals surface area (Å²) in [6.07, 6.45) is 4.36. The van der Waals surface area contributed by atoms with Gasteiger partial charge in [0.05, 0.1) is 12.9 Å². The summed E-state index contributed by atoms with van der Waals surface area (Å²) in [6.45, 7) is 2.22. The molecule has 0 aromatic heterocycles. The van der Waals surface area contributed by atoms with Crippen molar-refractivity contribution in [3.63, 3.8) is 0 Å². The van der Waals surface area contributed by atoms with Crippen molar-refractivity contribution in [1.29, 1.82) is 0 Å². The average Bonchev–Trinajstić information content (AvgIpc) is 3.31. The van der Waals surface area contributed by atoms with Gasteiger partial charge in [-0.3, -0.25) is 9.59 Å². The highest BCUT2D eigenvalue weighted by molar-refractivity contribution is 7.99. The third-order valence-corrected chi connectivity index (χ3v) is 6.71. The minimum Gasteiger partial charge on any atom is -0.497 e. The zero-order valence-corrected chi connectivity index (χ0v) is 19.2. The van der Waals surface area contributed by atoms with E-state index in [0.29, 0.717) is 12.3 Å². The van der Waals surface area contributed by atoms with Crippen molar-refractivity contribution in [3.05, 3.63) is 65.7 Å². The van der Waals surface area contributed by atoms with Crippen LogP contribution in [0.5, 0.6) is 5.75 Å². The van der Waals surface area contributed by atoms with E-state index in [-0.39, 0.29) is 17.9 Å². The number of nitrogens with one attached hydrogen (secondary N) is 1. The van der Waals surface area contributed by atoms with Crippen molar-refractivity contribution in [2.24, 2.45) is 0 Å². The first-order valence-electron chi connectivity index (χ1n) is 10.9. The van der Waals surface area contributed by atoms with Gasteiger partial charge in [0.25, 0.3) is 0 Å². The molecule has 166 valence electrons. The average molecular weight is 441 g/mol. The van der Waals surface area contributed by atoms with Gasteiger partial charge in [-0.25, -0.2) is 0 Å². The maximum absolute atomic E-state index is 13.1. The predicted molar refractivity (Wildman–Crippen MR) is 126 cm³/mol. The topological polar surface area (TPSA) is 58.6 Å². The molecule has 0 unspecified atom stereocenters. The highest BCUT2D eigenvalue weighted by Gasteiger charge is 2.28. The lowest BCUT2D eigenvalue weighted by atomic mass is 10.1. The monoisotopic (exact) mass is 440 g/mol. The number of benzene rings is 2. The van der Waals surface area contributed by atoms with E-state index in [4.69, 9.17) is 4.74 Å². The molecule has 0 saturated heterocycles. The minimum atomic E-state index is -0.521. The molecular formula is C25H32N2O3S. The van der Waals surface area contributed by atoms with Gasteiger partial charge in [-0.15, -0.1) is 11.8 Å². The van der Waals surface area contributed by atoms with Crippen LogP contribution in [0.1, 0.15) is 43.7 Å². The Balaban J connectivity index is 1.65. The summed E-state index contributed by atoms with van der Waals surface area (Å²) in [5, 5.41) is 3.14. The second-order valence-electron chi connectivity index (χ2n) is 8.01. The predicted octanol–water partition coefficient (Wildman–Crippen LogP) is 4.40. The molecule has 2 aromatic carbocycles. The van der Waals surface area contributed by atoms with Crippen molar-refractivity contribution in [2.45, 2.75) is 57.0 Å². The number of ether oxygens (including phenoxy) is 1. The van der Waals surface area contributed by atoms with Crippen LogP contribution >= 0.6 is 11.8 Å². The summed E-state index contributed by atoms with van der Waals surface area (Å²) < 4.78 is 5.23. The molecule has 0 spiro atoms. The molecule has 1 saturated carbocycles. The number of carbonyl (C=O) groups excluding carboxylic acids is 2. The quantitative estimate of drug-likeness (QED) is 0.595. The fourth-order valence-corrected chi connectivity index (χ4v) is 4.69. The van der Waals surface area contributed by atoms with Crippen LogP contribution in [0.3, 0.4) is 0 Å². The fraction of sp³-hybridized carbons (Fsp3) is 0.440. The molecule has 3 rings (SSSR count). The lowest BCUT2D eigenvalue weighted by Crippen LogP contribution is -2.50. The first-order chi connectivity index (χ1) is 15.1. The van der Waals surface area contributed by atoms with Gasteiger partial charge in [0.15, 0.2) is 0 Å². The van der Waals surface area contributed by atoms with E-state index >= 15 is 0 Å². The Morgan fingerprint density at radius 3 is 2.39 bits per heavy atom. The summed E-state index contributed by atoms with van der Waals surface area (Å²) in [5.41, 5.74) is 2.16. The molecule has 1 atom stereocenters. The van der Waals surface area contributed by atoms with Gasteiger partial charge < -0.3 is 15.0 Å². The Hall–Kier alpha value is -2.47. The summed E-state index contributed by atoms with van der Waals surface area (Å²) in [5.74, 6) is 1.79. The maximum Gasteiger partial charge on any atom is 0.242 e. The van der Waals surface area contributed by atoms with Crippen molar-refractivity contribution < 1.29 is 14.3 Å². The Bertz CT molecular complexity index is 836. The van der Waals surface area contributed by atoms with Crippen molar-refractivity contribution in [2.75, 3.05) is 12.9 Å². The molecule has 6 heteroatoms. The van der Waals surface area contributed by atoms with Gasteiger partial charge >= 0.3 is 0 Å². The normalized spacial score (nSPS) is 14.8. The Morgan fingerprint density at radius 2 is 1.74 bits per heavy atom. The van der Waals surface area contributed by atoms with Crippen LogP contribution in [0.4, 0.5) is 0 Å². The summed E-state index contributed by atoms with van der Waals surface area (Å²) in [6, 6.07) is 17.5. The van der Waals surface area contributed by atoms with Crippen LogP contribution in [0, 0.1) is 0 Å². The third kappa shape index (κ3) is 7.03. The molecule has 2 aromatic rings. The van der Waals surface area contributed by atoms with Crippen LogP contribution < -0.4 is 10.1 Å². The number of rotatable bonds is 10. The minimum absolute atomic E-state index is 0.0224. The molecular weight excluding hydrogens is 408 g/mol. The van der Waals surface area contributed by atoms with Gasteiger partial charge in [0.2, 0.25) is 11.8 Å². The molecule has 0 heterocycles. The summed E-state index contributed by atoms with van der Waals surface area (Å²) >= 11 is 1.58. The number of nitrogens with zero attached hydrogens (tertiary/aromatic N) is 1. The van der Waals surface area contributed by atoms with E-state index in [0.717, 1.165) is 42.7 Å². The largest absolute Gasteiger partial charge is 0.497 e. The number of hydrogen-bond acceptors (Lipinski definition) is 4. The fourth-order valence-electron chi connectivity index (χ4n) is 3.82. The number of amides is 2. The summed E-state index contributed by atoms with van der Waals surface area (Å²) in [4.78, 5) is 27.7. The second kappa shape index (κ2) is 11.8. The molecule has 1 aliphatic rings. The molecule has 0 bridgehead atoms. The van der Waals surface area contributed by atoms with Crippen molar-refractivity contribution in [3.8, 4) is 5.75 Å². The molecule has 2 amide bonds. The maximum atomic E-state index is 13.1. The van der Waals surface area contributed by atoms with Gasteiger partial charge in [-0.1, -0.05) is 55.3 Å². The molecule has 0 radical (unpaired) electrons. The third-order valence-electron chi connectivity index (χ3n) is 5.72. The zero-order chi connectivity index (χ0) is 22.1. The van der Waals surface area contributed by atoms with E-state index in [1.165, 1.54) is 5.56 Å². The SMILES string of the molecule is COc1ccc(CN(C(=O)CSCc2ccccc2)[C@H](C)C(=O)NC2CCCC2)cc1. The molecule has 31 heavy (non-hydrogen) atoms. The lowest BCUT2D eigenvalue weighted by Gasteiger charge is -2.29. The Labute approximate surface area is 189 Å². The van der Waals surface area contributed by atoms with Crippen LogP contribution in [0.2, 0.25) is 0 Å². The highest BCUT2D eigenvalue weighted by atomic mass is 32.2. The molecule has 1 fully saturated rings. The van der Waals surface area contributed by atoms with Crippen LogP contribution in [0.25, 0.3) is 0 Å². The summed E-state index contributed by atoms with van der Waals surface area (Å²) in [7, 11) is 1.63. The Morgan fingerprint density at radius 1 is 1.06 bits per heavy atom. The number of hydrogen-bond donors (Lipinski definition) is 1. The number of carbonyl (C=O) groups is 2. The van der Waals surface area contributed by atoms with Gasteiger partial charge in [-0.05, 0) is 43.0 Å². The van der Waals surface area contributed by atoms with E-state index < -0.39 is 6.04 Å². The van der Waals surface area contributed by atoms with Crippen molar-refractivity contribution >= 4 is 23.6 Å². The molecule has 5 nitrogen and oxygen atoms in total. The highest BCUT2D eigenvalue weighted by Crippen LogP contribution is 2.20. The van der Waals surface area contributed by atoms with Crippen LogP contribution in [-0.4, -0.2) is 41.7 Å². The lowest BCUT2D eigenvalue weighted by molar-refractivity contribution is -0.138. The zero-order valence-electron chi connectivity index (χ0n) is 18.4. The van der Waals surface area contributed by atoms with Crippen LogP contribution in [0.15, 0.2) is 54.6 Å². The first kappa shape index (κ1) is 23.2. The van der Waals surface area contributed by atoms with Gasteiger partial charge in [0, 0.05) is 18.3 Å². The standard InChI is InChI=1S/C25H32N2O3S/c1-19(25(29)26-22-10-6-7-11-22)27(16-20-12-14-23(30-2)15-13-20)24(28)18-31-17-21-8-4-3-5-9-21/h3-5,8-9,12-15,19,22H,6-7,10-11,16-18H2,1-2H3,(H,26,29)/t19-/m1/s1. The Kier molecular flexibility index (Phi) is 8.83. The number of methoxy groups -OCH3 is 1. The van der Waals surface area contributed by atoms with E-state index in [2.05, 4.69) is 17.4 Å².